The van der Waals surface area contributed by atoms with Crippen LogP contribution < -0.4 is 0 Å². The van der Waals surface area contributed by atoms with E-state index in [1.54, 1.807) is 42.5 Å². The summed E-state index contributed by atoms with van der Waals surface area (Å²) in [7, 11) is 3.47. The van der Waals surface area contributed by atoms with Crippen molar-refractivity contribution in [3.63, 3.8) is 0 Å². The summed E-state index contributed by atoms with van der Waals surface area (Å²) in [6.45, 7) is 6.47. The maximum Gasteiger partial charge on any atom is 0.253 e. The number of halogens is 1. The lowest BCUT2D eigenvalue weighted by Gasteiger charge is -2.14. The van der Waals surface area contributed by atoms with E-state index in [0.29, 0.717) is 9.90 Å². The van der Waals surface area contributed by atoms with Crippen LogP contribution in [0.1, 0.15) is 47.1 Å². The zero-order chi connectivity index (χ0) is 17.2. The maximum atomic E-state index is 12.0. The molecule has 2 nitrogen and oxygen atoms in total. The smallest absolute Gasteiger partial charge is 0.253 e. The number of hydrogen-bond acceptors (Lipinski definition) is 2. The van der Waals surface area contributed by atoms with Crippen LogP contribution in [0.25, 0.3) is 0 Å². The minimum Gasteiger partial charge on any atom is -0.345 e. The Bertz CT molecular complexity index is 788. The molecule has 0 spiro atoms. The molecule has 0 fully saturated rings. The molecule has 0 bridgehead atoms. The third-order valence-electron chi connectivity index (χ3n) is 3.28. The molecule has 0 saturated heterocycles. The zero-order valence-electron chi connectivity index (χ0n) is 14.0. The molecule has 2 rings (SSSR count). The molecule has 1 heterocycles. The number of nitrogens with zero attached hydrogens (tertiary/aromatic N) is 1. The van der Waals surface area contributed by atoms with E-state index in [0.717, 1.165) is 11.1 Å². The molecular weight excluding hydrogens is 326 g/mol. The Kier molecular flexibility index (Phi) is 5.19. The second-order valence-electron chi connectivity index (χ2n) is 6.58. The summed E-state index contributed by atoms with van der Waals surface area (Å²) in [6, 6.07) is 9.39. The van der Waals surface area contributed by atoms with E-state index >= 15 is 0 Å². The molecule has 23 heavy (non-hydrogen) atoms. The van der Waals surface area contributed by atoms with Crippen LogP contribution in [0.2, 0.25) is 4.34 Å². The van der Waals surface area contributed by atoms with E-state index in [-0.39, 0.29) is 11.3 Å². The highest BCUT2D eigenvalue weighted by Gasteiger charge is 2.18. The summed E-state index contributed by atoms with van der Waals surface area (Å²) in [4.78, 5) is 14.8. The van der Waals surface area contributed by atoms with Crippen molar-refractivity contribution in [2.24, 2.45) is 0 Å². The van der Waals surface area contributed by atoms with Gasteiger partial charge in [0.25, 0.3) is 5.91 Å². The second kappa shape index (κ2) is 6.78. The molecule has 0 saturated carbocycles. The van der Waals surface area contributed by atoms with Crippen LogP contribution in [-0.2, 0) is 5.41 Å². The first-order valence-electron chi connectivity index (χ1n) is 7.32. The van der Waals surface area contributed by atoms with Crippen LogP contribution in [0, 0.1) is 11.8 Å². The Morgan fingerprint density at radius 3 is 2.43 bits per heavy atom. The zero-order valence-corrected chi connectivity index (χ0v) is 15.6. The first kappa shape index (κ1) is 17.6. The summed E-state index contributed by atoms with van der Waals surface area (Å²) in [6.07, 6.45) is 0. The van der Waals surface area contributed by atoms with Crippen molar-refractivity contribution in [3.8, 4) is 11.8 Å². The van der Waals surface area contributed by atoms with Crippen LogP contribution in [0.5, 0.6) is 0 Å². The molecule has 0 unspecified atom stereocenters. The number of thiophene rings is 1. The van der Waals surface area contributed by atoms with Crippen LogP contribution in [0.4, 0.5) is 0 Å². The van der Waals surface area contributed by atoms with Gasteiger partial charge in [-0.05, 0) is 29.7 Å². The van der Waals surface area contributed by atoms with E-state index in [1.807, 2.05) is 12.1 Å². The normalized spacial score (nSPS) is 10.9. The predicted molar refractivity (Wildman–Crippen MR) is 98.5 cm³/mol. The predicted octanol–water partition coefficient (Wildman–Crippen LogP) is 4.80. The van der Waals surface area contributed by atoms with Gasteiger partial charge in [0.2, 0.25) is 0 Å². The van der Waals surface area contributed by atoms with Crippen molar-refractivity contribution in [3.05, 3.63) is 56.2 Å². The van der Waals surface area contributed by atoms with Gasteiger partial charge in [0, 0.05) is 30.1 Å². The lowest BCUT2D eigenvalue weighted by molar-refractivity contribution is 0.0827. The third-order valence-corrected chi connectivity index (χ3v) is 5.07. The quantitative estimate of drug-likeness (QED) is 0.680. The van der Waals surface area contributed by atoms with Gasteiger partial charge >= 0.3 is 0 Å². The number of amides is 1. The molecule has 0 atom stereocenters. The van der Waals surface area contributed by atoms with Gasteiger partial charge in [0.15, 0.2) is 0 Å². The summed E-state index contributed by atoms with van der Waals surface area (Å²) >= 11 is 7.87. The average Bonchev–Trinajstić information content (AvgIpc) is 2.86. The molecule has 2 aromatic rings. The van der Waals surface area contributed by atoms with Gasteiger partial charge in [-0.15, -0.1) is 11.3 Å². The SMILES string of the molecule is CN(C)C(=O)c1cccc(C#Cc2cc(C(C)(C)C)sc2Cl)c1. The van der Waals surface area contributed by atoms with Crippen LogP contribution in [0.15, 0.2) is 30.3 Å². The molecular formula is C19H20ClNOS. The molecule has 1 amide bonds. The highest BCUT2D eigenvalue weighted by Crippen LogP contribution is 2.35. The minimum atomic E-state index is -0.0303. The summed E-state index contributed by atoms with van der Waals surface area (Å²) in [5, 5.41) is 0. The molecule has 0 N–H and O–H groups in total. The van der Waals surface area contributed by atoms with Gasteiger partial charge in [0.1, 0.15) is 4.34 Å². The lowest BCUT2D eigenvalue weighted by Crippen LogP contribution is -2.21. The van der Waals surface area contributed by atoms with Crippen molar-refractivity contribution in [2.75, 3.05) is 14.1 Å². The summed E-state index contributed by atoms with van der Waals surface area (Å²) in [5.41, 5.74) is 2.34. The van der Waals surface area contributed by atoms with E-state index < -0.39 is 0 Å². The first-order valence-corrected chi connectivity index (χ1v) is 8.51. The Morgan fingerprint density at radius 1 is 1.17 bits per heavy atom. The van der Waals surface area contributed by atoms with Gasteiger partial charge < -0.3 is 4.90 Å². The molecule has 0 aliphatic heterocycles. The second-order valence-corrected chi connectivity index (χ2v) is 8.23. The van der Waals surface area contributed by atoms with Gasteiger partial charge in [-0.2, -0.15) is 0 Å². The number of benzene rings is 1. The molecule has 120 valence electrons. The minimum absolute atomic E-state index is 0.0303. The van der Waals surface area contributed by atoms with Crippen LogP contribution >= 0.6 is 22.9 Å². The summed E-state index contributed by atoms with van der Waals surface area (Å²) in [5.74, 6) is 6.19. The van der Waals surface area contributed by atoms with E-state index in [9.17, 15) is 4.79 Å². The first-order chi connectivity index (χ1) is 10.7. The highest BCUT2D eigenvalue weighted by atomic mass is 35.5. The van der Waals surface area contributed by atoms with Crippen molar-refractivity contribution < 1.29 is 4.79 Å². The van der Waals surface area contributed by atoms with Crippen LogP contribution in [0.3, 0.4) is 0 Å². The number of rotatable bonds is 1. The topological polar surface area (TPSA) is 20.3 Å². The molecule has 0 aliphatic carbocycles. The van der Waals surface area contributed by atoms with Gasteiger partial charge in [0.05, 0.1) is 5.56 Å². The monoisotopic (exact) mass is 345 g/mol. The largest absolute Gasteiger partial charge is 0.345 e. The van der Waals surface area contributed by atoms with Crippen LogP contribution in [-0.4, -0.2) is 24.9 Å². The Morgan fingerprint density at radius 2 is 1.87 bits per heavy atom. The number of hydrogen-bond donors (Lipinski definition) is 0. The fourth-order valence-corrected chi connectivity index (χ4v) is 3.20. The molecule has 1 aromatic carbocycles. The van der Waals surface area contributed by atoms with E-state index in [2.05, 4.69) is 38.7 Å². The van der Waals surface area contributed by atoms with Gasteiger partial charge in [-0.1, -0.05) is 50.3 Å². The van der Waals surface area contributed by atoms with E-state index in [4.69, 9.17) is 11.6 Å². The van der Waals surface area contributed by atoms with Crippen molar-refractivity contribution in [1.82, 2.24) is 4.90 Å². The van der Waals surface area contributed by atoms with Crippen molar-refractivity contribution in [1.29, 1.82) is 0 Å². The van der Waals surface area contributed by atoms with Crippen molar-refractivity contribution >= 4 is 28.8 Å². The average molecular weight is 346 g/mol. The molecule has 0 radical (unpaired) electrons. The van der Waals surface area contributed by atoms with E-state index in [1.165, 1.54) is 4.88 Å². The Labute approximate surface area is 147 Å². The van der Waals surface area contributed by atoms with Crippen molar-refractivity contribution in [2.45, 2.75) is 26.2 Å². The van der Waals surface area contributed by atoms with Gasteiger partial charge in [-0.3, -0.25) is 4.79 Å². The molecule has 0 aliphatic rings. The Balaban J connectivity index is 2.31. The lowest BCUT2D eigenvalue weighted by atomic mass is 9.94. The fourth-order valence-electron chi connectivity index (χ4n) is 1.95. The highest BCUT2D eigenvalue weighted by molar-refractivity contribution is 7.16. The van der Waals surface area contributed by atoms with Gasteiger partial charge in [-0.25, -0.2) is 0 Å². The standard InChI is InChI=1S/C19H20ClNOS/c1-19(2,3)16-12-14(17(20)23-16)10-9-13-7-6-8-15(11-13)18(22)21(4)5/h6-8,11-12H,1-5H3. The number of carbonyl (C=O) groups excluding carboxylic acids is 1. The molecule has 1 aromatic heterocycles. The molecule has 4 heteroatoms. The fraction of sp³-hybridized carbons (Fsp3) is 0.316. The third kappa shape index (κ3) is 4.37. The maximum absolute atomic E-state index is 12.0. The summed E-state index contributed by atoms with van der Waals surface area (Å²) < 4.78 is 0.711. The number of carbonyl (C=O) groups is 1. The Hall–Kier alpha value is -1.76.